The Bertz CT molecular complexity index is 1290. The fourth-order valence-corrected chi connectivity index (χ4v) is 3.54. The van der Waals surface area contributed by atoms with E-state index in [1.807, 2.05) is 45.0 Å². The van der Waals surface area contributed by atoms with Crippen molar-refractivity contribution in [2.45, 2.75) is 20.8 Å². The normalized spacial score (nSPS) is 10.7. The average Bonchev–Trinajstić information content (AvgIpc) is 3.36. The van der Waals surface area contributed by atoms with E-state index >= 15 is 0 Å². The summed E-state index contributed by atoms with van der Waals surface area (Å²) < 4.78 is 5.81. The molecular weight excluding hydrogens is 428 g/mol. The number of anilines is 1. The lowest BCUT2D eigenvalue weighted by Gasteiger charge is -2.19. The second-order valence-corrected chi connectivity index (χ2v) is 7.87. The SMILES string of the molecule is CCN(CC)C(=O)c1cccc(NC(=O)c2ccc(-c3nnc(-c4ccc(C)cc4)o3)cc2)c1. The third kappa shape index (κ3) is 5.04. The summed E-state index contributed by atoms with van der Waals surface area (Å²) in [7, 11) is 0. The Morgan fingerprint density at radius 2 is 1.41 bits per heavy atom. The molecule has 0 aliphatic heterocycles. The van der Waals surface area contributed by atoms with Gasteiger partial charge in [0.15, 0.2) is 0 Å². The van der Waals surface area contributed by atoms with E-state index in [1.54, 1.807) is 53.4 Å². The van der Waals surface area contributed by atoms with Crippen LogP contribution in [0.1, 0.15) is 40.1 Å². The molecular formula is C27H26N4O3. The summed E-state index contributed by atoms with van der Waals surface area (Å²) in [6.45, 7) is 7.15. The standard InChI is InChI=1S/C27H26N4O3/c1-4-31(5-2)27(33)22-7-6-8-23(17-22)28-24(32)19-13-15-21(16-14-19)26-30-29-25(34-26)20-11-9-18(3)10-12-20/h6-17H,4-5H2,1-3H3,(H,28,32). The lowest BCUT2D eigenvalue weighted by atomic mass is 10.1. The van der Waals surface area contributed by atoms with Crippen LogP contribution < -0.4 is 5.32 Å². The molecule has 7 heteroatoms. The van der Waals surface area contributed by atoms with Crippen molar-refractivity contribution in [2.24, 2.45) is 0 Å². The molecule has 0 aliphatic rings. The summed E-state index contributed by atoms with van der Waals surface area (Å²) >= 11 is 0. The number of aryl methyl sites for hydroxylation is 1. The maximum absolute atomic E-state index is 12.7. The Balaban J connectivity index is 1.46. The summed E-state index contributed by atoms with van der Waals surface area (Å²) in [5.41, 5.74) is 4.29. The van der Waals surface area contributed by atoms with Crippen molar-refractivity contribution in [2.75, 3.05) is 18.4 Å². The van der Waals surface area contributed by atoms with Gasteiger partial charge in [0.05, 0.1) is 0 Å². The highest BCUT2D eigenvalue weighted by molar-refractivity contribution is 6.05. The van der Waals surface area contributed by atoms with Crippen molar-refractivity contribution in [1.29, 1.82) is 0 Å². The number of rotatable bonds is 7. The molecule has 1 N–H and O–H groups in total. The number of hydrogen-bond donors (Lipinski definition) is 1. The number of carbonyl (C=O) groups is 2. The minimum atomic E-state index is -0.273. The van der Waals surface area contributed by atoms with Gasteiger partial charge < -0.3 is 14.6 Å². The Kier molecular flexibility index (Phi) is 6.82. The topological polar surface area (TPSA) is 88.3 Å². The lowest BCUT2D eigenvalue weighted by Crippen LogP contribution is -2.30. The Morgan fingerprint density at radius 1 is 0.824 bits per heavy atom. The first kappa shape index (κ1) is 22.9. The van der Waals surface area contributed by atoms with Crippen LogP contribution in [0.2, 0.25) is 0 Å². The van der Waals surface area contributed by atoms with Crippen LogP contribution in [-0.4, -0.2) is 40.0 Å². The molecule has 0 spiro atoms. The number of hydrogen-bond acceptors (Lipinski definition) is 5. The van der Waals surface area contributed by atoms with Crippen molar-refractivity contribution < 1.29 is 14.0 Å². The quantitative estimate of drug-likeness (QED) is 0.401. The monoisotopic (exact) mass is 454 g/mol. The van der Waals surface area contributed by atoms with Gasteiger partial charge in [-0.15, -0.1) is 10.2 Å². The molecule has 0 bridgehead atoms. The molecule has 0 saturated heterocycles. The van der Waals surface area contributed by atoms with Gasteiger partial charge in [-0.3, -0.25) is 9.59 Å². The van der Waals surface area contributed by atoms with E-state index in [0.29, 0.717) is 47.2 Å². The molecule has 0 aliphatic carbocycles. The number of nitrogens with one attached hydrogen (secondary N) is 1. The van der Waals surface area contributed by atoms with Gasteiger partial charge in [0.1, 0.15) is 0 Å². The Labute approximate surface area is 198 Å². The lowest BCUT2D eigenvalue weighted by molar-refractivity contribution is 0.0772. The first-order chi connectivity index (χ1) is 16.5. The smallest absolute Gasteiger partial charge is 0.255 e. The first-order valence-corrected chi connectivity index (χ1v) is 11.2. The highest BCUT2D eigenvalue weighted by Gasteiger charge is 2.15. The molecule has 0 atom stereocenters. The number of nitrogens with zero attached hydrogens (tertiary/aromatic N) is 3. The molecule has 34 heavy (non-hydrogen) atoms. The summed E-state index contributed by atoms with van der Waals surface area (Å²) in [5, 5.41) is 11.1. The Hall–Kier alpha value is -4.26. The largest absolute Gasteiger partial charge is 0.416 e. The van der Waals surface area contributed by atoms with Crippen molar-refractivity contribution >= 4 is 17.5 Å². The molecule has 0 radical (unpaired) electrons. The van der Waals surface area contributed by atoms with Crippen LogP contribution in [-0.2, 0) is 0 Å². The van der Waals surface area contributed by atoms with Gasteiger partial charge in [0, 0.05) is 41.0 Å². The van der Waals surface area contributed by atoms with E-state index in [9.17, 15) is 9.59 Å². The first-order valence-electron chi connectivity index (χ1n) is 11.2. The van der Waals surface area contributed by atoms with E-state index in [2.05, 4.69) is 15.5 Å². The zero-order valence-corrected chi connectivity index (χ0v) is 19.4. The number of carbonyl (C=O) groups excluding carboxylic acids is 2. The van der Waals surface area contributed by atoms with Crippen molar-refractivity contribution in [3.8, 4) is 22.9 Å². The maximum Gasteiger partial charge on any atom is 0.255 e. The fourth-order valence-electron chi connectivity index (χ4n) is 3.54. The summed E-state index contributed by atoms with van der Waals surface area (Å²) in [5.74, 6) is 0.487. The summed E-state index contributed by atoms with van der Waals surface area (Å²) in [6, 6.07) is 21.7. The predicted octanol–water partition coefficient (Wildman–Crippen LogP) is 5.45. The second kappa shape index (κ2) is 10.1. The predicted molar refractivity (Wildman–Crippen MR) is 132 cm³/mol. The zero-order valence-electron chi connectivity index (χ0n) is 19.4. The third-order valence-electron chi connectivity index (χ3n) is 5.54. The molecule has 1 heterocycles. The second-order valence-electron chi connectivity index (χ2n) is 7.87. The Morgan fingerprint density at radius 3 is 2.00 bits per heavy atom. The van der Waals surface area contributed by atoms with Crippen LogP contribution >= 0.6 is 0 Å². The van der Waals surface area contributed by atoms with Crippen LogP contribution in [0, 0.1) is 6.92 Å². The fraction of sp³-hybridized carbons (Fsp3) is 0.185. The van der Waals surface area contributed by atoms with E-state index in [-0.39, 0.29) is 11.8 Å². The van der Waals surface area contributed by atoms with Gasteiger partial charge in [0.25, 0.3) is 11.8 Å². The molecule has 2 amide bonds. The molecule has 1 aromatic heterocycles. The number of aromatic nitrogens is 2. The van der Waals surface area contributed by atoms with Gasteiger partial charge in [0.2, 0.25) is 11.8 Å². The van der Waals surface area contributed by atoms with E-state index in [0.717, 1.165) is 11.1 Å². The van der Waals surface area contributed by atoms with Crippen LogP contribution in [0.5, 0.6) is 0 Å². The van der Waals surface area contributed by atoms with E-state index in [4.69, 9.17) is 4.42 Å². The number of benzene rings is 3. The molecule has 0 unspecified atom stereocenters. The highest BCUT2D eigenvalue weighted by Crippen LogP contribution is 2.24. The van der Waals surface area contributed by atoms with Gasteiger partial charge in [-0.2, -0.15) is 0 Å². The van der Waals surface area contributed by atoms with E-state index in [1.165, 1.54) is 0 Å². The minimum absolute atomic E-state index is 0.0602. The average molecular weight is 455 g/mol. The van der Waals surface area contributed by atoms with Crippen LogP contribution in [0.25, 0.3) is 22.9 Å². The van der Waals surface area contributed by atoms with E-state index < -0.39 is 0 Å². The van der Waals surface area contributed by atoms with Gasteiger partial charge in [-0.25, -0.2) is 0 Å². The van der Waals surface area contributed by atoms with Crippen molar-refractivity contribution in [3.05, 3.63) is 89.5 Å². The van der Waals surface area contributed by atoms with Crippen molar-refractivity contribution in [1.82, 2.24) is 15.1 Å². The molecule has 7 nitrogen and oxygen atoms in total. The molecule has 3 aromatic carbocycles. The molecule has 4 aromatic rings. The van der Waals surface area contributed by atoms with Crippen LogP contribution in [0.4, 0.5) is 5.69 Å². The summed E-state index contributed by atoms with van der Waals surface area (Å²) in [4.78, 5) is 27.1. The van der Waals surface area contributed by atoms with Crippen LogP contribution in [0.15, 0.2) is 77.2 Å². The maximum atomic E-state index is 12.7. The molecule has 0 fully saturated rings. The zero-order chi connectivity index (χ0) is 24.1. The van der Waals surface area contributed by atoms with Crippen LogP contribution in [0.3, 0.4) is 0 Å². The minimum Gasteiger partial charge on any atom is -0.416 e. The highest BCUT2D eigenvalue weighted by atomic mass is 16.4. The van der Waals surface area contributed by atoms with Gasteiger partial charge in [-0.05, 0) is 75.4 Å². The molecule has 0 saturated carbocycles. The third-order valence-corrected chi connectivity index (χ3v) is 5.54. The van der Waals surface area contributed by atoms with Crippen molar-refractivity contribution in [3.63, 3.8) is 0 Å². The van der Waals surface area contributed by atoms with Gasteiger partial charge >= 0.3 is 0 Å². The number of amides is 2. The molecule has 172 valence electrons. The summed E-state index contributed by atoms with van der Waals surface area (Å²) in [6.07, 6.45) is 0. The van der Waals surface area contributed by atoms with Gasteiger partial charge in [-0.1, -0.05) is 23.8 Å². The molecule has 4 rings (SSSR count).